The van der Waals surface area contributed by atoms with E-state index in [-0.39, 0.29) is 17.1 Å². The standard InChI is InChI=1S/C12H15NO6/c1-18-10-4-3-7(5-9(10)15)11(16)13-8(6-14)12(17)19-2/h3-5,8,14-15H,6H2,1-2H3,(H,13,16). The van der Waals surface area contributed by atoms with Crippen LogP contribution in [0.15, 0.2) is 18.2 Å². The van der Waals surface area contributed by atoms with Gasteiger partial charge in [0, 0.05) is 5.56 Å². The molecule has 0 bridgehead atoms. The van der Waals surface area contributed by atoms with Crippen molar-refractivity contribution in [3.05, 3.63) is 23.8 Å². The van der Waals surface area contributed by atoms with Gasteiger partial charge in [-0.1, -0.05) is 0 Å². The number of nitrogens with one attached hydrogen (secondary N) is 1. The predicted molar refractivity (Wildman–Crippen MR) is 65.0 cm³/mol. The Labute approximate surface area is 109 Å². The van der Waals surface area contributed by atoms with Gasteiger partial charge in [-0.05, 0) is 18.2 Å². The third-order valence-electron chi connectivity index (χ3n) is 2.41. The summed E-state index contributed by atoms with van der Waals surface area (Å²) in [7, 11) is 2.53. The summed E-state index contributed by atoms with van der Waals surface area (Å²) in [6.45, 7) is -0.583. The number of hydrogen-bond donors (Lipinski definition) is 3. The van der Waals surface area contributed by atoms with Crippen LogP contribution in [0, 0.1) is 0 Å². The van der Waals surface area contributed by atoms with Crippen molar-refractivity contribution in [2.24, 2.45) is 0 Å². The maximum Gasteiger partial charge on any atom is 0.330 e. The minimum Gasteiger partial charge on any atom is -0.504 e. The number of aromatic hydroxyl groups is 1. The van der Waals surface area contributed by atoms with Crippen molar-refractivity contribution < 1.29 is 29.3 Å². The SMILES string of the molecule is COC(=O)C(CO)NC(=O)c1ccc(OC)c(O)c1. The van der Waals surface area contributed by atoms with Crippen molar-refractivity contribution in [3.8, 4) is 11.5 Å². The zero-order valence-electron chi connectivity index (χ0n) is 10.5. The molecule has 7 heteroatoms. The second-order valence-electron chi connectivity index (χ2n) is 3.62. The summed E-state index contributed by atoms with van der Waals surface area (Å²) in [5.41, 5.74) is 0.126. The lowest BCUT2D eigenvalue weighted by Gasteiger charge is -2.14. The Balaban J connectivity index is 2.83. The zero-order valence-corrected chi connectivity index (χ0v) is 10.5. The van der Waals surface area contributed by atoms with E-state index >= 15 is 0 Å². The van der Waals surface area contributed by atoms with Crippen LogP contribution in [-0.4, -0.2) is 49.0 Å². The van der Waals surface area contributed by atoms with E-state index in [2.05, 4.69) is 10.1 Å². The molecule has 0 saturated carbocycles. The maximum atomic E-state index is 11.8. The number of benzene rings is 1. The zero-order chi connectivity index (χ0) is 14.4. The first kappa shape index (κ1) is 14.8. The van der Waals surface area contributed by atoms with Crippen molar-refractivity contribution in [2.45, 2.75) is 6.04 Å². The molecule has 1 aromatic carbocycles. The molecule has 1 amide bonds. The number of esters is 1. The molecule has 0 aromatic heterocycles. The second-order valence-corrected chi connectivity index (χ2v) is 3.62. The van der Waals surface area contributed by atoms with Crippen LogP contribution in [0.4, 0.5) is 0 Å². The van der Waals surface area contributed by atoms with Crippen LogP contribution in [0.25, 0.3) is 0 Å². The van der Waals surface area contributed by atoms with Crippen LogP contribution in [0.3, 0.4) is 0 Å². The van der Waals surface area contributed by atoms with Gasteiger partial charge in [-0.3, -0.25) is 4.79 Å². The van der Waals surface area contributed by atoms with Crippen LogP contribution in [-0.2, 0) is 9.53 Å². The molecule has 0 aliphatic carbocycles. The molecule has 0 aliphatic heterocycles. The summed E-state index contributed by atoms with van der Waals surface area (Å²) in [5, 5.41) is 20.8. The van der Waals surface area contributed by atoms with Gasteiger partial charge in [-0.2, -0.15) is 0 Å². The van der Waals surface area contributed by atoms with E-state index in [0.717, 1.165) is 7.11 Å². The van der Waals surface area contributed by atoms with Crippen LogP contribution in [0.1, 0.15) is 10.4 Å². The molecule has 1 atom stereocenters. The van der Waals surface area contributed by atoms with Crippen molar-refractivity contribution in [1.29, 1.82) is 0 Å². The van der Waals surface area contributed by atoms with Gasteiger partial charge in [0.25, 0.3) is 5.91 Å². The lowest BCUT2D eigenvalue weighted by atomic mass is 10.1. The smallest absolute Gasteiger partial charge is 0.330 e. The highest BCUT2D eigenvalue weighted by molar-refractivity contribution is 5.97. The molecular formula is C12H15NO6. The highest BCUT2D eigenvalue weighted by Crippen LogP contribution is 2.26. The number of aliphatic hydroxyl groups is 1. The maximum absolute atomic E-state index is 11.8. The summed E-state index contributed by atoms with van der Waals surface area (Å²) in [5.74, 6) is -1.35. The monoisotopic (exact) mass is 269 g/mol. The largest absolute Gasteiger partial charge is 0.504 e. The van der Waals surface area contributed by atoms with Crippen molar-refractivity contribution in [2.75, 3.05) is 20.8 Å². The molecule has 19 heavy (non-hydrogen) atoms. The Morgan fingerprint density at radius 3 is 2.53 bits per heavy atom. The molecular weight excluding hydrogens is 254 g/mol. The average molecular weight is 269 g/mol. The number of methoxy groups -OCH3 is 2. The molecule has 1 aromatic rings. The number of amides is 1. The number of carbonyl (C=O) groups excluding carboxylic acids is 2. The molecule has 0 aliphatic rings. The van der Waals surface area contributed by atoms with E-state index in [0.29, 0.717) is 0 Å². The molecule has 1 rings (SSSR count). The number of hydrogen-bond acceptors (Lipinski definition) is 6. The Kier molecular flexibility index (Phi) is 5.13. The van der Waals surface area contributed by atoms with Crippen molar-refractivity contribution in [3.63, 3.8) is 0 Å². The van der Waals surface area contributed by atoms with Gasteiger partial charge in [0.2, 0.25) is 0 Å². The van der Waals surface area contributed by atoms with Gasteiger partial charge in [-0.25, -0.2) is 4.79 Å². The van der Waals surface area contributed by atoms with E-state index < -0.39 is 24.5 Å². The lowest BCUT2D eigenvalue weighted by Crippen LogP contribution is -2.44. The summed E-state index contributed by atoms with van der Waals surface area (Å²) in [4.78, 5) is 23.0. The number of phenols is 1. The van der Waals surface area contributed by atoms with Crippen LogP contribution < -0.4 is 10.1 Å². The lowest BCUT2D eigenvalue weighted by molar-refractivity contribution is -0.143. The minimum absolute atomic E-state index is 0.126. The summed E-state index contributed by atoms with van der Waals surface area (Å²) in [6.07, 6.45) is 0. The highest BCUT2D eigenvalue weighted by Gasteiger charge is 2.21. The van der Waals surface area contributed by atoms with E-state index in [9.17, 15) is 14.7 Å². The molecule has 1 unspecified atom stereocenters. The molecule has 0 radical (unpaired) electrons. The van der Waals surface area contributed by atoms with Crippen LogP contribution >= 0.6 is 0 Å². The van der Waals surface area contributed by atoms with Crippen molar-refractivity contribution in [1.82, 2.24) is 5.32 Å². The molecule has 104 valence electrons. The molecule has 7 nitrogen and oxygen atoms in total. The fourth-order valence-electron chi connectivity index (χ4n) is 1.39. The van der Waals surface area contributed by atoms with Crippen LogP contribution in [0.5, 0.6) is 11.5 Å². The second kappa shape index (κ2) is 6.60. The van der Waals surface area contributed by atoms with E-state index in [4.69, 9.17) is 9.84 Å². The quantitative estimate of drug-likeness (QED) is 0.632. The van der Waals surface area contributed by atoms with Gasteiger partial charge >= 0.3 is 5.97 Å². The summed E-state index contributed by atoms with van der Waals surface area (Å²) in [6, 6.07) is 2.87. The summed E-state index contributed by atoms with van der Waals surface area (Å²) >= 11 is 0. The van der Waals surface area contributed by atoms with Crippen molar-refractivity contribution >= 4 is 11.9 Å². The van der Waals surface area contributed by atoms with E-state index in [1.54, 1.807) is 0 Å². The first-order chi connectivity index (χ1) is 9.03. The first-order valence-corrected chi connectivity index (χ1v) is 5.40. The molecule has 0 heterocycles. The third-order valence-corrected chi connectivity index (χ3v) is 2.41. The highest BCUT2D eigenvalue weighted by atomic mass is 16.5. The topological polar surface area (TPSA) is 105 Å². The van der Waals surface area contributed by atoms with Gasteiger partial charge in [-0.15, -0.1) is 0 Å². The van der Waals surface area contributed by atoms with Gasteiger partial charge in [0.15, 0.2) is 17.5 Å². The number of rotatable bonds is 5. The normalized spacial score (nSPS) is 11.5. The number of aliphatic hydroxyl groups excluding tert-OH is 1. The van der Waals surface area contributed by atoms with Gasteiger partial charge in [0.05, 0.1) is 20.8 Å². The number of phenolic OH excluding ortho intramolecular Hbond substituents is 1. The molecule has 0 fully saturated rings. The fourth-order valence-corrected chi connectivity index (χ4v) is 1.39. The average Bonchev–Trinajstić information content (AvgIpc) is 2.43. The Morgan fingerprint density at radius 1 is 1.37 bits per heavy atom. The molecule has 3 N–H and O–H groups in total. The number of carbonyl (C=O) groups is 2. The predicted octanol–water partition coefficient (Wildman–Crippen LogP) is -0.336. The Morgan fingerprint density at radius 2 is 2.05 bits per heavy atom. The molecule has 0 saturated heterocycles. The Hall–Kier alpha value is -2.28. The molecule has 0 spiro atoms. The van der Waals surface area contributed by atoms with Gasteiger partial charge < -0.3 is 25.0 Å². The first-order valence-electron chi connectivity index (χ1n) is 5.40. The fraction of sp³-hybridized carbons (Fsp3) is 0.333. The van der Waals surface area contributed by atoms with E-state index in [1.807, 2.05) is 0 Å². The van der Waals surface area contributed by atoms with Gasteiger partial charge in [0.1, 0.15) is 0 Å². The summed E-state index contributed by atoms with van der Waals surface area (Å²) < 4.78 is 9.26. The minimum atomic E-state index is -1.15. The number of ether oxygens (including phenoxy) is 2. The van der Waals surface area contributed by atoms with Crippen LogP contribution in [0.2, 0.25) is 0 Å². The van der Waals surface area contributed by atoms with E-state index in [1.165, 1.54) is 25.3 Å². The Bertz CT molecular complexity index is 473. The third kappa shape index (κ3) is 3.59.